The molecule has 6 nitrogen and oxygen atoms in total. The van der Waals surface area contributed by atoms with Gasteiger partial charge in [-0.2, -0.15) is 0 Å². The summed E-state index contributed by atoms with van der Waals surface area (Å²) in [7, 11) is 0. The normalized spacial score (nSPS) is 12.2. The molecule has 0 aliphatic carbocycles. The molecule has 0 aromatic heterocycles. The van der Waals surface area contributed by atoms with Crippen LogP contribution in [0.3, 0.4) is 0 Å². The van der Waals surface area contributed by atoms with Crippen molar-refractivity contribution in [2.24, 2.45) is 0 Å². The monoisotopic (exact) mass is 997 g/mol. The van der Waals surface area contributed by atoms with Gasteiger partial charge in [0.1, 0.15) is 13.2 Å². The lowest BCUT2D eigenvalue weighted by molar-refractivity contribution is -0.167. The minimum absolute atomic E-state index is 0.0800. The van der Waals surface area contributed by atoms with Gasteiger partial charge in [0.05, 0.1) is 0 Å². The van der Waals surface area contributed by atoms with Crippen molar-refractivity contribution in [1.82, 2.24) is 0 Å². The maximum absolute atomic E-state index is 12.8. The van der Waals surface area contributed by atoms with Gasteiger partial charge >= 0.3 is 17.9 Å². The lowest BCUT2D eigenvalue weighted by Gasteiger charge is -2.18. The summed E-state index contributed by atoms with van der Waals surface area (Å²) in [5, 5.41) is 0. The maximum Gasteiger partial charge on any atom is 0.306 e. The minimum atomic E-state index is -0.782. The first-order chi connectivity index (χ1) is 35.0. The van der Waals surface area contributed by atoms with Crippen LogP contribution in [0.5, 0.6) is 0 Å². The molecule has 71 heavy (non-hydrogen) atoms. The second kappa shape index (κ2) is 60.2. The lowest BCUT2D eigenvalue weighted by atomic mass is 10.0. The number of ether oxygens (including phenoxy) is 3. The highest BCUT2D eigenvalue weighted by atomic mass is 16.6. The number of carbonyl (C=O) groups excluding carboxylic acids is 3. The summed E-state index contributed by atoms with van der Waals surface area (Å²) in [6.07, 6.45) is 73.5. The van der Waals surface area contributed by atoms with E-state index in [0.717, 1.165) is 83.5 Å². The smallest absolute Gasteiger partial charge is 0.306 e. The predicted molar refractivity (Wildman–Crippen MR) is 307 cm³/mol. The zero-order valence-electron chi connectivity index (χ0n) is 47.8. The Hall–Kier alpha value is -2.37. The molecular weight excluding hydrogens is 877 g/mol. The van der Waals surface area contributed by atoms with E-state index in [9.17, 15) is 14.4 Å². The fourth-order valence-corrected chi connectivity index (χ4v) is 9.46. The number of rotatable bonds is 58. The van der Waals surface area contributed by atoms with Gasteiger partial charge in [-0.05, 0) is 51.4 Å². The molecule has 0 amide bonds. The van der Waals surface area contributed by atoms with E-state index < -0.39 is 6.10 Å². The summed E-state index contributed by atoms with van der Waals surface area (Å²) in [4.78, 5) is 38.0. The van der Waals surface area contributed by atoms with Gasteiger partial charge in [0.15, 0.2) is 6.10 Å². The highest BCUT2D eigenvalue weighted by Gasteiger charge is 2.19. The van der Waals surface area contributed by atoms with E-state index in [1.165, 1.54) is 218 Å². The molecule has 0 aliphatic rings. The van der Waals surface area contributed by atoms with E-state index in [2.05, 4.69) is 57.2 Å². The van der Waals surface area contributed by atoms with Crippen LogP contribution in [0.15, 0.2) is 36.5 Å². The quantitative estimate of drug-likeness (QED) is 0.0261. The summed E-state index contributed by atoms with van der Waals surface area (Å²) in [6, 6.07) is 0. The van der Waals surface area contributed by atoms with E-state index in [1.54, 1.807) is 0 Å². The van der Waals surface area contributed by atoms with Crippen molar-refractivity contribution in [1.29, 1.82) is 0 Å². The van der Waals surface area contributed by atoms with Crippen molar-refractivity contribution in [2.75, 3.05) is 13.2 Å². The average molecular weight is 998 g/mol. The number of allylic oxidation sites excluding steroid dienone is 6. The Morgan fingerprint density at radius 1 is 0.296 bits per heavy atom. The molecule has 0 aliphatic heterocycles. The van der Waals surface area contributed by atoms with Gasteiger partial charge in [0.25, 0.3) is 0 Å². The molecule has 0 N–H and O–H groups in total. The highest BCUT2D eigenvalue weighted by Crippen LogP contribution is 2.18. The van der Waals surface area contributed by atoms with Gasteiger partial charge in [-0.3, -0.25) is 14.4 Å². The molecule has 0 rings (SSSR count). The zero-order chi connectivity index (χ0) is 51.4. The van der Waals surface area contributed by atoms with Crippen molar-refractivity contribution in [2.45, 2.75) is 348 Å². The third kappa shape index (κ3) is 58.4. The van der Waals surface area contributed by atoms with E-state index in [-0.39, 0.29) is 31.1 Å². The molecule has 0 fully saturated rings. The van der Waals surface area contributed by atoms with Crippen LogP contribution in [0.25, 0.3) is 0 Å². The van der Waals surface area contributed by atoms with Crippen LogP contribution in [-0.2, 0) is 28.6 Å². The Labute approximate surface area is 442 Å². The number of esters is 3. The van der Waals surface area contributed by atoms with Crippen LogP contribution in [0.2, 0.25) is 0 Å². The molecule has 0 radical (unpaired) electrons. The second-order valence-corrected chi connectivity index (χ2v) is 21.3. The van der Waals surface area contributed by atoms with Crippen LogP contribution < -0.4 is 0 Å². The Balaban J connectivity index is 3.96. The Bertz CT molecular complexity index is 1190. The molecule has 0 spiro atoms. The van der Waals surface area contributed by atoms with Crippen LogP contribution in [0, 0.1) is 0 Å². The summed E-state index contributed by atoms with van der Waals surface area (Å²) >= 11 is 0. The summed E-state index contributed by atoms with van der Waals surface area (Å²) in [5.41, 5.74) is 0. The first-order valence-electron chi connectivity index (χ1n) is 31.5. The second-order valence-electron chi connectivity index (χ2n) is 21.3. The van der Waals surface area contributed by atoms with Gasteiger partial charge in [0.2, 0.25) is 0 Å². The summed E-state index contributed by atoms with van der Waals surface area (Å²) < 4.78 is 16.8. The Morgan fingerprint density at radius 3 is 0.859 bits per heavy atom. The minimum Gasteiger partial charge on any atom is -0.462 e. The molecule has 416 valence electrons. The maximum atomic E-state index is 12.8. The van der Waals surface area contributed by atoms with Crippen LogP contribution in [-0.4, -0.2) is 37.2 Å². The first kappa shape index (κ1) is 68.6. The molecule has 0 bridgehead atoms. The number of hydrogen-bond acceptors (Lipinski definition) is 6. The molecule has 0 heterocycles. The largest absolute Gasteiger partial charge is 0.462 e. The van der Waals surface area contributed by atoms with E-state index in [0.29, 0.717) is 19.3 Å². The van der Waals surface area contributed by atoms with E-state index in [4.69, 9.17) is 14.2 Å². The standard InChI is InChI=1S/C65H120O6/c1-4-7-10-13-16-19-21-23-24-25-26-27-28-29-30-31-32-33-34-35-36-37-38-39-40-41-43-44-46-49-52-55-58-64(67)70-61-62(60-69-63(66)57-54-51-48-18-15-12-9-6-3)71-65(68)59-56-53-50-47-45-42-22-20-17-14-11-8-5-2/h8,11,17,20,42,45,62H,4-7,9-10,12-16,18-19,21-41,43-44,46-61H2,1-3H3/b11-8-,20-17-,45-42-. The predicted octanol–water partition coefficient (Wildman–Crippen LogP) is 21.2. The Kier molecular flexibility index (Phi) is 58.2. The lowest BCUT2D eigenvalue weighted by Crippen LogP contribution is -2.30. The van der Waals surface area contributed by atoms with E-state index >= 15 is 0 Å². The third-order valence-electron chi connectivity index (χ3n) is 14.2. The fourth-order valence-electron chi connectivity index (χ4n) is 9.46. The summed E-state index contributed by atoms with van der Waals surface area (Å²) in [6.45, 7) is 6.51. The van der Waals surface area contributed by atoms with E-state index in [1.807, 2.05) is 0 Å². The Morgan fingerprint density at radius 2 is 0.549 bits per heavy atom. The van der Waals surface area contributed by atoms with Crippen LogP contribution >= 0.6 is 0 Å². The third-order valence-corrected chi connectivity index (χ3v) is 14.2. The fraction of sp³-hybridized carbons (Fsp3) is 0.862. The van der Waals surface area contributed by atoms with Gasteiger partial charge < -0.3 is 14.2 Å². The molecular formula is C65H120O6. The van der Waals surface area contributed by atoms with Crippen molar-refractivity contribution in [3.05, 3.63) is 36.5 Å². The molecule has 1 atom stereocenters. The molecule has 0 saturated carbocycles. The average Bonchev–Trinajstić information content (AvgIpc) is 3.37. The van der Waals surface area contributed by atoms with Crippen molar-refractivity contribution < 1.29 is 28.6 Å². The van der Waals surface area contributed by atoms with Gasteiger partial charge in [0, 0.05) is 19.3 Å². The molecule has 6 heteroatoms. The van der Waals surface area contributed by atoms with Gasteiger partial charge in [-0.25, -0.2) is 0 Å². The van der Waals surface area contributed by atoms with Crippen molar-refractivity contribution in [3.8, 4) is 0 Å². The van der Waals surface area contributed by atoms with Crippen LogP contribution in [0.1, 0.15) is 342 Å². The van der Waals surface area contributed by atoms with Crippen LogP contribution in [0.4, 0.5) is 0 Å². The SMILES string of the molecule is CC/C=C\C/C=C\C/C=C\CCCCCC(=O)OC(COC(=O)CCCCCCCCCC)COC(=O)CCCCCCCCCCCCCCCCCCCCCCCCCCCCCCCCCC. The van der Waals surface area contributed by atoms with Crippen molar-refractivity contribution in [3.63, 3.8) is 0 Å². The van der Waals surface area contributed by atoms with Crippen molar-refractivity contribution >= 4 is 17.9 Å². The topological polar surface area (TPSA) is 78.9 Å². The molecule has 0 aromatic carbocycles. The summed E-state index contributed by atoms with van der Waals surface area (Å²) in [5.74, 6) is -0.898. The molecule has 0 saturated heterocycles. The number of carbonyl (C=O) groups is 3. The van der Waals surface area contributed by atoms with Gasteiger partial charge in [-0.15, -0.1) is 0 Å². The molecule has 1 unspecified atom stereocenters. The highest BCUT2D eigenvalue weighted by molar-refractivity contribution is 5.71. The number of hydrogen-bond donors (Lipinski definition) is 0. The zero-order valence-corrected chi connectivity index (χ0v) is 47.8. The van der Waals surface area contributed by atoms with Gasteiger partial charge in [-0.1, -0.05) is 308 Å². The first-order valence-corrected chi connectivity index (χ1v) is 31.5. The number of unbranched alkanes of at least 4 members (excludes halogenated alkanes) is 41. The molecule has 0 aromatic rings.